The predicted molar refractivity (Wildman–Crippen MR) is 146 cm³/mol. The van der Waals surface area contributed by atoms with Crippen LogP contribution in [0.3, 0.4) is 0 Å². The van der Waals surface area contributed by atoms with Gasteiger partial charge in [-0.15, -0.1) is 0 Å². The van der Waals surface area contributed by atoms with E-state index < -0.39 is 83.2 Å². The number of H-pyrrole nitrogens is 1. The van der Waals surface area contributed by atoms with Gasteiger partial charge >= 0.3 is 29.2 Å². The molecule has 4 heterocycles. The lowest BCUT2D eigenvalue weighted by Gasteiger charge is -2.38. The van der Waals surface area contributed by atoms with E-state index in [0.717, 1.165) is 4.57 Å². The fourth-order valence-corrected chi connectivity index (χ4v) is 8.39. The number of aliphatic hydroxyl groups is 1. The molecule has 0 spiro atoms. The van der Waals surface area contributed by atoms with E-state index in [9.17, 15) is 33.1 Å². The zero-order chi connectivity index (χ0) is 32.7. The van der Waals surface area contributed by atoms with Gasteiger partial charge in [-0.1, -0.05) is 0 Å². The second-order valence-electron chi connectivity index (χ2n) is 11.1. The van der Waals surface area contributed by atoms with Crippen molar-refractivity contribution in [1.82, 2.24) is 9.55 Å². The number of aromatic nitrogens is 2. The highest BCUT2D eigenvalue weighted by molar-refractivity contribution is 7.47. The van der Waals surface area contributed by atoms with Gasteiger partial charge in [-0.3, -0.25) is 37.0 Å². The summed E-state index contributed by atoms with van der Waals surface area (Å²) in [7, 11) is -14.3. The van der Waals surface area contributed by atoms with Crippen molar-refractivity contribution >= 4 is 23.5 Å². The van der Waals surface area contributed by atoms with Gasteiger partial charge in [0.25, 0.3) is 5.56 Å². The van der Waals surface area contributed by atoms with Crippen LogP contribution in [0, 0.1) is 6.92 Å². The van der Waals surface area contributed by atoms with Crippen LogP contribution in [-0.4, -0.2) is 89.7 Å². The Hall–Kier alpha value is -1.11. The van der Waals surface area contributed by atoms with Crippen molar-refractivity contribution in [3.05, 3.63) is 32.6 Å². The van der Waals surface area contributed by atoms with E-state index in [2.05, 4.69) is 9.51 Å². The van der Waals surface area contributed by atoms with Crippen molar-refractivity contribution in [2.75, 3.05) is 13.2 Å². The molecule has 1 aromatic heterocycles. The molecular weight excluding hydrogens is 657 g/mol. The Morgan fingerprint density at radius 1 is 1.20 bits per heavy atom. The molecule has 1 aromatic rings. The molecule has 22 heteroatoms. The van der Waals surface area contributed by atoms with Gasteiger partial charge < -0.3 is 34.2 Å². The fourth-order valence-electron chi connectivity index (χ4n) is 5.53. The molecule has 252 valence electrons. The minimum Gasteiger partial charge on any atom is -0.396 e. The molecule has 44 heavy (non-hydrogen) atoms. The molecule has 3 fully saturated rings. The van der Waals surface area contributed by atoms with Gasteiger partial charge in [0.15, 0.2) is 0 Å². The summed E-state index contributed by atoms with van der Waals surface area (Å²) < 4.78 is 76.0. The van der Waals surface area contributed by atoms with E-state index in [1.54, 1.807) is 0 Å². The summed E-state index contributed by atoms with van der Waals surface area (Å²) in [5, 5.41) is 8.97. The Morgan fingerprint density at radius 3 is 2.57 bits per heavy atom. The molecule has 2 bridgehead atoms. The smallest absolute Gasteiger partial charge is 0.396 e. The molecule has 4 rings (SSSR count). The molecule has 19 nitrogen and oxygen atoms in total. The summed E-state index contributed by atoms with van der Waals surface area (Å²) in [5.74, 6) is 0. The minimum atomic E-state index is -4.83. The molecule has 3 aliphatic rings. The van der Waals surface area contributed by atoms with Crippen LogP contribution < -0.4 is 11.2 Å². The van der Waals surface area contributed by atoms with Crippen LogP contribution in [0.4, 0.5) is 0 Å². The Labute approximate surface area is 250 Å². The van der Waals surface area contributed by atoms with Gasteiger partial charge in [0.05, 0.1) is 37.1 Å². The van der Waals surface area contributed by atoms with E-state index in [-0.39, 0.29) is 50.9 Å². The molecule has 6 N–H and O–H groups in total. The Morgan fingerprint density at radius 2 is 1.91 bits per heavy atom. The third kappa shape index (κ3) is 9.03. The van der Waals surface area contributed by atoms with Gasteiger partial charge in [0, 0.05) is 44.1 Å². The number of phosphoric ester groups is 3. The van der Waals surface area contributed by atoms with Gasteiger partial charge in [-0.05, 0) is 27.2 Å². The first kappa shape index (κ1) is 35.7. The van der Waals surface area contributed by atoms with Gasteiger partial charge in [0.2, 0.25) is 0 Å². The number of aliphatic hydroxyl groups excluding tert-OH is 1. The van der Waals surface area contributed by atoms with E-state index in [1.807, 2.05) is 0 Å². The molecule has 3 aliphatic heterocycles. The molecular formula is C22H37N2O17P3. The van der Waals surface area contributed by atoms with Crippen molar-refractivity contribution in [2.45, 2.75) is 101 Å². The SMILES string of the molecule is Cc1cn([C@H]2C[C@@H](OP(=O)(O)OCCCO)C(CC3(C)OP(=O)(O)O[C@@H]4C[C@@H]3OC4CC(C)OP(=O)(O)O)O2)c(=O)[nH]c1=O. The lowest BCUT2D eigenvalue weighted by Crippen LogP contribution is -2.46. The Bertz CT molecular complexity index is 1450. The average molecular weight is 694 g/mol. The highest BCUT2D eigenvalue weighted by atomic mass is 31.2. The van der Waals surface area contributed by atoms with Gasteiger partial charge in [-0.25, -0.2) is 18.5 Å². The number of aromatic amines is 1. The minimum absolute atomic E-state index is 0.0252. The van der Waals surface area contributed by atoms with Crippen molar-refractivity contribution in [3.63, 3.8) is 0 Å². The van der Waals surface area contributed by atoms with Crippen molar-refractivity contribution in [1.29, 1.82) is 0 Å². The summed E-state index contributed by atoms with van der Waals surface area (Å²) >= 11 is 0. The zero-order valence-corrected chi connectivity index (χ0v) is 26.7. The highest BCUT2D eigenvalue weighted by Gasteiger charge is 2.57. The van der Waals surface area contributed by atoms with Gasteiger partial charge in [0.1, 0.15) is 17.9 Å². The quantitative estimate of drug-likeness (QED) is 0.123. The van der Waals surface area contributed by atoms with Crippen molar-refractivity contribution < 1.29 is 70.5 Å². The first-order chi connectivity index (χ1) is 20.3. The number of hydrogen-bond acceptors (Lipinski definition) is 13. The summed E-state index contributed by atoms with van der Waals surface area (Å²) in [6.45, 7) is 3.67. The normalized spacial score (nSPS) is 36.2. The molecule has 10 atom stereocenters. The molecule has 0 aromatic carbocycles. The molecule has 0 radical (unpaired) electrons. The lowest BCUT2D eigenvalue weighted by molar-refractivity contribution is -0.140. The first-order valence-electron chi connectivity index (χ1n) is 13.7. The Balaban J connectivity index is 1.60. The highest BCUT2D eigenvalue weighted by Crippen LogP contribution is 2.59. The van der Waals surface area contributed by atoms with Crippen LogP contribution in [0.1, 0.15) is 57.7 Å². The number of ether oxygens (including phenoxy) is 2. The number of fused-ring (bicyclic) bond motifs is 2. The number of nitrogens with zero attached hydrogens (tertiary/aromatic N) is 1. The van der Waals surface area contributed by atoms with E-state index in [0.29, 0.717) is 0 Å². The van der Waals surface area contributed by atoms with E-state index in [4.69, 9.17) is 42.5 Å². The van der Waals surface area contributed by atoms with E-state index >= 15 is 0 Å². The number of aryl methyl sites for hydroxylation is 1. The molecule has 6 unspecified atom stereocenters. The Kier molecular flexibility index (Phi) is 11.0. The molecule has 0 aliphatic carbocycles. The second-order valence-corrected chi connectivity index (χ2v) is 15.1. The summed E-state index contributed by atoms with van der Waals surface area (Å²) in [5.41, 5.74) is -2.92. The molecule has 0 saturated carbocycles. The van der Waals surface area contributed by atoms with Crippen LogP contribution in [0.25, 0.3) is 0 Å². The van der Waals surface area contributed by atoms with Crippen LogP contribution in [0.2, 0.25) is 0 Å². The number of nitrogens with one attached hydrogen (secondary N) is 1. The van der Waals surface area contributed by atoms with Gasteiger partial charge in [-0.2, -0.15) is 0 Å². The predicted octanol–water partition coefficient (Wildman–Crippen LogP) is 0.727. The van der Waals surface area contributed by atoms with Crippen LogP contribution in [0.5, 0.6) is 0 Å². The summed E-state index contributed by atoms with van der Waals surface area (Å²) in [6, 6.07) is 0. The standard InChI is InChI=1S/C22H37N2O17P3/c1-12-11-24(21(27)23-20(12)26)19-9-16(39-43(31,32)35-6-4-5-25)17(37-19)10-22(3)18-8-15(40-44(33,34)41-22)14(36-18)7-13(2)38-42(28,29)30/h11,13-19,25H,4-10H2,1-3H3,(H,31,32)(H,33,34)(H,23,26,27)(H2,28,29,30)/t13?,14?,15-,16-,17?,18+,19-,22?/m1/s1. The van der Waals surface area contributed by atoms with Crippen LogP contribution >= 0.6 is 23.5 Å². The topological polar surface area (TPSA) is 272 Å². The maximum Gasteiger partial charge on any atom is 0.473 e. The maximum atomic E-state index is 13.0. The second kappa shape index (κ2) is 13.6. The average Bonchev–Trinajstić information content (AvgIpc) is 3.40. The summed E-state index contributed by atoms with van der Waals surface area (Å²) in [6.07, 6.45) is -6.72. The van der Waals surface area contributed by atoms with Crippen LogP contribution in [0.15, 0.2) is 15.8 Å². The zero-order valence-electron chi connectivity index (χ0n) is 24.0. The van der Waals surface area contributed by atoms with Crippen LogP contribution in [-0.2, 0) is 45.8 Å². The van der Waals surface area contributed by atoms with E-state index in [1.165, 1.54) is 27.0 Å². The third-order valence-corrected chi connectivity index (χ3v) is 10.3. The maximum absolute atomic E-state index is 13.0. The monoisotopic (exact) mass is 694 g/mol. The molecule has 3 saturated heterocycles. The van der Waals surface area contributed by atoms with Crippen molar-refractivity contribution in [3.8, 4) is 0 Å². The van der Waals surface area contributed by atoms with Crippen molar-refractivity contribution in [2.24, 2.45) is 0 Å². The number of phosphoric acid groups is 3. The first-order valence-corrected chi connectivity index (χ1v) is 18.2. The summed E-state index contributed by atoms with van der Waals surface area (Å²) in [4.78, 5) is 65.8. The largest absolute Gasteiger partial charge is 0.473 e. The lowest BCUT2D eigenvalue weighted by atomic mass is 9.88. The number of rotatable bonds is 13. The molecule has 0 amide bonds. The number of hydrogen-bond donors (Lipinski definition) is 6. The fraction of sp³-hybridized carbons (Fsp3) is 0.818. The third-order valence-electron chi connectivity index (χ3n) is 7.42.